The number of nitrogens with one attached hydrogen (secondary N) is 1. The van der Waals surface area contributed by atoms with E-state index in [0.29, 0.717) is 0 Å². The van der Waals surface area contributed by atoms with Gasteiger partial charge in [0.2, 0.25) is 0 Å². The Kier molecular flexibility index (Phi) is 4.98. The Labute approximate surface area is 82.6 Å². The maximum Gasteiger partial charge on any atom is 0.179 e. The van der Waals surface area contributed by atoms with Gasteiger partial charge in [0.15, 0.2) is 6.19 Å². The second kappa shape index (κ2) is 6.74. The van der Waals surface area contributed by atoms with E-state index < -0.39 is 0 Å². The first-order valence-electron chi connectivity index (χ1n) is 4.34. The molecule has 0 spiro atoms. The average Bonchev–Trinajstić information content (AvgIpc) is 2.33. The molecule has 0 atom stereocenters. The van der Waals surface area contributed by atoms with Crippen molar-refractivity contribution in [2.75, 3.05) is 26.2 Å². The lowest BCUT2D eigenvalue weighted by atomic mass is 10.4. The number of rotatable bonds is 0. The molecule has 0 bridgehead atoms. The highest BCUT2D eigenvalue weighted by atomic mass is 15.2. The maximum atomic E-state index is 8.34. The summed E-state index contributed by atoms with van der Waals surface area (Å²) in [6, 6.07) is 0. The van der Waals surface area contributed by atoms with Crippen molar-refractivity contribution < 1.29 is 0 Å². The molecule has 0 amide bonds. The molecule has 0 unspecified atom stereocenters. The fourth-order valence-electron chi connectivity index (χ4n) is 0.970. The second-order valence-electron chi connectivity index (χ2n) is 2.63. The number of piperazine rings is 1. The first-order chi connectivity index (χ1) is 6.93. The molecule has 0 aromatic carbocycles. The molecule has 14 heavy (non-hydrogen) atoms. The zero-order chi connectivity index (χ0) is 10.1. The Bertz CT molecular complexity index is 236. The van der Waals surface area contributed by atoms with Gasteiger partial charge in [-0.3, -0.25) is 0 Å². The molecule has 0 saturated carbocycles. The lowest BCUT2D eigenvalue weighted by Crippen LogP contribution is -2.40. The maximum absolute atomic E-state index is 8.34. The van der Waals surface area contributed by atoms with Gasteiger partial charge >= 0.3 is 0 Å². The van der Waals surface area contributed by atoms with Crippen LogP contribution in [0, 0.1) is 11.5 Å². The van der Waals surface area contributed by atoms with Crippen LogP contribution in [-0.4, -0.2) is 46.0 Å². The van der Waals surface area contributed by atoms with Crippen molar-refractivity contribution in [2.24, 2.45) is 0 Å². The normalized spacial score (nSPS) is 14.9. The average molecular weight is 192 g/mol. The summed E-state index contributed by atoms with van der Waals surface area (Å²) in [5, 5.41) is 11.5. The Balaban J connectivity index is 0.000000146. The van der Waals surface area contributed by atoms with E-state index in [1.807, 2.05) is 0 Å². The third-order valence-electron chi connectivity index (χ3n) is 1.66. The Morgan fingerprint density at radius 1 is 1.07 bits per heavy atom. The SMILES string of the molecule is N#CN1CCNCC1.c1ncncn1. The Hall–Kier alpha value is -1.74. The summed E-state index contributed by atoms with van der Waals surface area (Å²) in [6.45, 7) is 3.65. The van der Waals surface area contributed by atoms with Gasteiger partial charge in [-0.1, -0.05) is 0 Å². The first-order valence-corrected chi connectivity index (χ1v) is 4.34. The highest BCUT2D eigenvalue weighted by Crippen LogP contribution is 1.86. The van der Waals surface area contributed by atoms with Gasteiger partial charge in [0.25, 0.3) is 0 Å². The summed E-state index contributed by atoms with van der Waals surface area (Å²) in [7, 11) is 0. The van der Waals surface area contributed by atoms with Crippen LogP contribution >= 0.6 is 0 Å². The highest BCUT2D eigenvalue weighted by Gasteiger charge is 2.04. The van der Waals surface area contributed by atoms with Crippen molar-refractivity contribution in [3.63, 3.8) is 0 Å². The molecule has 6 heteroatoms. The van der Waals surface area contributed by atoms with Gasteiger partial charge in [-0.25, -0.2) is 15.0 Å². The van der Waals surface area contributed by atoms with Crippen molar-refractivity contribution in [2.45, 2.75) is 0 Å². The molecule has 0 aliphatic carbocycles. The predicted molar refractivity (Wildman–Crippen MR) is 49.9 cm³/mol. The van der Waals surface area contributed by atoms with Gasteiger partial charge in [0.05, 0.1) is 0 Å². The van der Waals surface area contributed by atoms with Gasteiger partial charge in [-0.2, -0.15) is 5.26 Å². The van der Waals surface area contributed by atoms with Crippen LogP contribution in [0.3, 0.4) is 0 Å². The first kappa shape index (κ1) is 10.3. The van der Waals surface area contributed by atoms with Gasteiger partial charge in [0, 0.05) is 26.2 Å². The topological polar surface area (TPSA) is 77.7 Å². The lowest BCUT2D eigenvalue weighted by Gasteiger charge is -2.20. The van der Waals surface area contributed by atoms with Crippen LogP contribution in [0.4, 0.5) is 0 Å². The number of nitrogens with zero attached hydrogens (tertiary/aromatic N) is 5. The molecule has 1 aromatic rings. The summed E-state index contributed by atoms with van der Waals surface area (Å²) in [4.78, 5) is 12.4. The summed E-state index contributed by atoms with van der Waals surface area (Å²) in [5.41, 5.74) is 0. The van der Waals surface area contributed by atoms with Crippen LogP contribution in [0.25, 0.3) is 0 Å². The number of nitriles is 1. The number of aromatic nitrogens is 3. The zero-order valence-corrected chi connectivity index (χ0v) is 7.80. The molecule has 1 aliphatic rings. The van der Waals surface area contributed by atoms with Crippen LogP contribution in [0.2, 0.25) is 0 Å². The zero-order valence-electron chi connectivity index (χ0n) is 7.80. The fourth-order valence-corrected chi connectivity index (χ4v) is 0.970. The summed E-state index contributed by atoms with van der Waals surface area (Å²) >= 11 is 0. The van der Waals surface area contributed by atoms with Crippen LogP contribution in [-0.2, 0) is 0 Å². The monoisotopic (exact) mass is 192 g/mol. The van der Waals surface area contributed by atoms with E-state index in [0.717, 1.165) is 26.2 Å². The Morgan fingerprint density at radius 2 is 1.57 bits per heavy atom. The minimum Gasteiger partial charge on any atom is -0.313 e. The molecule has 2 rings (SSSR count). The lowest BCUT2D eigenvalue weighted by molar-refractivity contribution is 0.337. The molecule has 6 nitrogen and oxygen atoms in total. The molecule has 1 saturated heterocycles. The third kappa shape index (κ3) is 4.33. The van der Waals surface area contributed by atoms with E-state index in [1.54, 1.807) is 4.90 Å². The van der Waals surface area contributed by atoms with Gasteiger partial charge < -0.3 is 10.2 Å². The van der Waals surface area contributed by atoms with Gasteiger partial charge in [-0.15, -0.1) is 0 Å². The van der Waals surface area contributed by atoms with E-state index >= 15 is 0 Å². The van der Waals surface area contributed by atoms with Crippen molar-refractivity contribution in [3.8, 4) is 6.19 Å². The van der Waals surface area contributed by atoms with Crippen LogP contribution in [0.1, 0.15) is 0 Å². The van der Waals surface area contributed by atoms with E-state index in [9.17, 15) is 0 Å². The fraction of sp³-hybridized carbons (Fsp3) is 0.500. The molecule has 1 aliphatic heterocycles. The quantitative estimate of drug-likeness (QED) is 0.545. The minimum absolute atomic E-state index is 0.872. The third-order valence-corrected chi connectivity index (χ3v) is 1.66. The molecular weight excluding hydrogens is 180 g/mol. The molecular formula is C8H12N6. The van der Waals surface area contributed by atoms with E-state index in [2.05, 4.69) is 26.5 Å². The standard InChI is InChI=1S/C5H9N3.C3H3N3/c6-5-8-3-1-7-2-4-8;1-4-2-6-3-5-1/h7H,1-4H2;1-3H. The molecule has 74 valence electrons. The molecule has 1 N–H and O–H groups in total. The van der Waals surface area contributed by atoms with Crippen LogP contribution in [0.5, 0.6) is 0 Å². The molecule has 1 aromatic heterocycles. The summed E-state index contributed by atoms with van der Waals surface area (Å²) < 4.78 is 0. The molecule has 1 fully saturated rings. The van der Waals surface area contributed by atoms with Crippen molar-refractivity contribution in [1.29, 1.82) is 5.26 Å². The number of hydrogen-bond acceptors (Lipinski definition) is 6. The van der Waals surface area contributed by atoms with Crippen molar-refractivity contribution >= 4 is 0 Å². The van der Waals surface area contributed by atoms with Crippen LogP contribution in [0.15, 0.2) is 19.0 Å². The van der Waals surface area contributed by atoms with Crippen molar-refractivity contribution in [3.05, 3.63) is 19.0 Å². The molecule has 2 heterocycles. The Morgan fingerprint density at radius 3 is 1.86 bits per heavy atom. The van der Waals surface area contributed by atoms with E-state index in [1.165, 1.54) is 19.0 Å². The largest absolute Gasteiger partial charge is 0.313 e. The minimum atomic E-state index is 0.872. The van der Waals surface area contributed by atoms with Gasteiger partial charge in [0.1, 0.15) is 19.0 Å². The van der Waals surface area contributed by atoms with Gasteiger partial charge in [-0.05, 0) is 0 Å². The number of hydrogen-bond donors (Lipinski definition) is 1. The van der Waals surface area contributed by atoms with E-state index in [-0.39, 0.29) is 0 Å². The predicted octanol–water partition coefficient (Wildman–Crippen LogP) is -0.756. The van der Waals surface area contributed by atoms with E-state index in [4.69, 9.17) is 5.26 Å². The second-order valence-corrected chi connectivity index (χ2v) is 2.63. The summed E-state index contributed by atoms with van der Waals surface area (Å²) in [5.74, 6) is 0. The molecule has 0 radical (unpaired) electrons. The van der Waals surface area contributed by atoms with Crippen LogP contribution < -0.4 is 5.32 Å². The van der Waals surface area contributed by atoms with Crippen molar-refractivity contribution in [1.82, 2.24) is 25.2 Å². The smallest absolute Gasteiger partial charge is 0.179 e. The highest BCUT2D eigenvalue weighted by molar-refractivity contribution is 4.78. The summed E-state index contributed by atoms with van der Waals surface area (Å²) in [6.07, 6.45) is 6.41.